The first kappa shape index (κ1) is 12.5. The molecule has 1 aromatic heterocycles. The monoisotopic (exact) mass is 304 g/mol. The molecule has 3 nitrogen and oxygen atoms in total. The van der Waals surface area contributed by atoms with Crippen LogP contribution in [0.1, 0.15) is 11.8 Å². The van der Waals surface area contributed by atoms with Crippen LogP contribution in [-0.4, -0.2) is 36.7 Å². The number of nitrogens with two attached hydrogens (primary N) is 1. The quantitative estimate of drug-likeness (QED) is 0.929. The molecule has 1 aliphatic heterocycles. The number of morpholine rings is 1. The van der Waals surface area contributed by atoms with Crippen molar-refractivity contribution >= 4 is 27.3 Å². The van der Waals surface area contributed by atoms with Gasteiger partial charge >= 0.3 is 0 Å². The standard InChI is InChI=1S/C11H17BrN2OS/c1-8(13)10-7-14(4-5-15-10)6-9-2-3-11(12)16-9/h2-3,8,10H,4-7,13H2,1H3/t8-,10+/m0/s1. The predicted molar refractivity (Wildman–Crippen MR) is 70.7 cm³/mol. The van der Waals surface area contributed by atoms with E-state index in [4.69, 9.17) is 10.5 Å². The van der Waals surface area contributed by atoms with Crippen molar-refractivity contribution in [2.24, 2.45) is 5.73 Å². The highest BCUT2D eigenvalue weighted by Gasteiger charge is 2.23. The minimum Gasteiger partial charge on any atom is -0.374 e. The molecule has 2 heterocycles. The van der Waals surface area contributed by atoms with Gasteiger partial charge in [0, 0.05) is 30.6 Å². The lowest BCUT2D eigenvalue weighted by Gasteiger charge is -2.34. The predicted octanol–water partition coefficient (Wildman–Crippen LogP) is 2.06. The molecule has 0 bridgehead atoms. The molecule has 90 valence electrons. The molecule has 0 radical (unpaired) electrons. The van der Waals surface area contributed by atoms with E-state index in [2.05, 4.69) is 33.0 Å². The summed E-state index contributed by atoms with van der Waals surface area (Å²) in [5.41, 5.74) is 5.87. The first-order valence-corrected chi connectivity index (χ1v) is 7.10. The first-order valence-electron chi connectivity index (χ1n) is 5.49. The molecule has 0 unspecified atom stereocenters. The summed E-state index contributed by atoms with van der Waals surface area (Å²) in [4.78, 5) is 3.80. The van der Waals surface area contributed by atoms with E-state index in [1.807, 2.05) is 6.92 Å². The number of nitrogens with zero attached hydrogens (tertiary/aromatic N) is 1. The van der Waals surface area contributed by atoms with Crippen LogP contribution in [0.2, 0.25) is 0 Å². The van der Waals surface area contributed by atoms with Crippen LogP contribution < -0.4 is 5.73 Å². The van der Waals surface area contributed by atoms with Crippen molar-refractivity contribution in [3.05, 3.63) is 20.8 Å². The summed E-state index contributed by atoms with van der Waals surface area (Å²) < 4.78 is 6.83. The van der Waals surface area contributed by atoms with Crippen LogP contribution in [0.3, 0.4) is 0 Å². The Morgan fingerprint density at radius 1 is 1.69 bits per heavy atom. The van der Waals surface area contributed by atoms with Gasteiger partial charge in [-0.05, 0) is 35.0 Å². The maximum atomic E-state index is 5.87. The van der Waals surface area contributed by atoms with Gasteiger partial charge in [0.25, 0.3) is 0 Å². The van der Waals surface area contributed by atoms with E-state index in [1.165, 1.54) is 8.66 Å². The zero-order valence-corrected chi connectivity index (χ0v) is 11.8. The fraction of sp³-hybridized carbons (Fsp3) is 0.636. The topological polar surface area (TPSA) is 38.5 Å². The van der Waals surface area contributed by atoms with Crippen LogP contribution in [-0.2, 0) is 11.3 Å². The molecule has 1 saturated heterocycles. The van der Waals surface area contributed by atoms with E-state index in [0.29, 0.717) is 0 Å². The molecule has 1 aliphatic rings. The minimum absolute atomic E-state index is 0.109. The van der Waals surface area contributed by atoms with E-state index < -0.39 is 0 Å². The maximum Gasteiger partial charge on any atom is 0.0850 e. The van der Waals surface area contributed by atoms with Crippen molar-refractivity contribution in [3.63, 3.8) is 0 Å². The molecular formula is C11H17BrN2OS. The summed E-state index contributed by atoms with van der Waals surface area (Å²) in [6.07, 6.45) is 0.178. The lowest BCUT2D eigenvalue weighted by Crippen LogP contribution is -2.49. The van der Waals surface area contributed by atoms with Gasteiger partial charge in [0.1, 0.15) is 0 Å². The van der Waals surface area contributed by atoms with E-state index in [9.17, 15) is 0 Å². The van der Waals surface area contributed by atoms with E-state index in [0.717, 1.165) is 26.2 Å². The zero-order valence-electron chi connectivity index (χ0n) is 9.36. The van der Waals surface area contributed by atoms with Crippen LogP contribution in [0.25, 0.3) is 0 Å². The number of halogens is 1. The second-order valence-corrected chi connectivity index (χ2v) is 6.76. The Balaban J connectivity index is 1.90. The summed E-state index contributed by atoms with van der Waals surface area (Å²) >= 11 is 5.28. The van der Waals surface area contributed by atoms with Crippen molar-refractivity contribution < 1.29 is 4.74 Å². The van der Waals surface area contributed by atoms with E-state index >= 15 is 0 Å². The molecule has 0 saturated carbocycles. The summed E-state index contributed by atoms with van der Waals surface area (Å²) in [5, 5.41) is 0. The van der Waals surface area contributed by atoms with Crippen molar-refractivity contribution in [3.8, 4) is 0 Å². The average Bonchev–Trinajstić information content (AvgIpc) is 2.64. The second-order valence-electron chi connectivity index (χ2n) is 4.21. The molecule has 0 amide bonds. The van der Waals surface area contributed by atoms with Crippen LogP contribution >= 0.6 is 27.3 Å². The molecule has 5 heteroatoms. The molecule has 1 fully saturated rings. The number of rotatable bonds is 3. The SMILES string of the molecule is C[C@H](N)[C@H]1CN(Cc2ccc(Br)s2)CCO1. The van der Waals surface area contributed by atoms with E-state index in [-0.39, 0.29) is 12.1 Å². The number of hydrogen-bond donors (Lipinski definition) is 1. The normalized spacial score (nSPS) is 24.6. The zero-order chi connectivity index (χ0) is 11.5. The van der Waals surface area contributed by atoms with Gasteiger partial charge in [0.2, 0.25) is 0 Å². The molecule has 2 N–H and O–H groups in total. The molecule has 0 aromatic carbocycles. The minimum atomic E-state index is 0.109. The van der Waals surface area contributed by atoms with Gasteiger partial charge in [0.05, 0.1) is 16.5 Å². The highest BCUT2D eigenvalue weighted by atomic mass is 79.9. The van der Waals surface area contributed by atoms with Gasteiger partial charge in [-0.15, -0.1) is 11.3 Å². The Kier molecular flexibility index (Phi) is 4.38. The average molecular weight is 305 g/mol. The molecule has 2 rings (SSSR count). The lowest BCUT2D eigenvalue weighted by atomic mass is 10.1. The number of hydrogen-bond acceptors (Lipinski definition) is 4. The van der Waals surface area contributed by atoms with Crippen LogP contribution in [0.5, 0.6) is 0 Å². The summed E-state index contributed by atoms with van der Waals surface area (Å²) in [6, 6.07) is 4.38. The third-order valence-electron chi connectivity index (χ3n) is 2.77. The smallest absolute Gasteiger partial charge is 0.0850 e. The van der Waals surface area contributed by atoms with Crippen LogP contribution in [0.15, 0.2) is 15.9 Å². The Morgan fingerprint density at radius 3 is 3.12 bits per heavy atom. The van der Waals surface area contributed by atoms with Crippen molar-refractivity contribution in [1.82, 2.24) is 4.90 Å². The molecule has 16 heavy (non-hydrogen) atoms. The fourth-order valence-electron chi connectivity index (χ4n) is 1.85. The molecule has 2 atom stereocenters. The lowest BCUT2D eigenvalue weighted by molar-refractivity contribution is -0.0400. The Labute approximate surface area is 109 Å². The fourth-order valence-corrected chi connectivity index (χ4v) is 3.38. The summed E-state index contributed by atoms with van der Waals surface area (Å²) in [7, 11) is 0. The highest BCUT2D eigenvalue weighted by molar-refractivity contribution is 9.11. The van der Waals surface area contributed by atoms with Gasteiger partial charge in [-0.1, -0.05) is 0 Å². The number of ether oxygens (including phenoxy) is 1. The Hall–Kier alpha value is 0.0600. The largest absolute Gasteiger partial charge is 0.374 e. The van der Waals surface area contributed by atoms with Crippen molar-refractivity contribution in [2.75, 3.05) is 19.7 Å². The van der Waals surface area contributed by atoms with Crippen molar-refractivity contribution in [1.29, 1.82) is 0 Å². The van der Waals surface area contributed by atoms with Gasteiger partial charge in [-0.25, -0.2) is 0 Å². The van der Waals surface area contributed by atoms with Gasteiger partial charge in [-0.2, -0.15) is 0 Å². The van der Waals surface area contributed by atoms with Crippen molar-refractivity contribution in [2.45, 2.75) is 25.6 Å². The third kappa shape index (κ3) is 3.28. The van der Waals surface area contributed by atoms with Gasteiger partial charge in [-0.3, -0.25) is 4.90 Å². The van der Waals surface area contributed by atoms with Crippen LogP contribution in [0, 0.1) is 0 Å². The molecule has 0 spiro atoms. The second kappa shape index (κ2) is 5.60. The maximum absolute atomic E-state index is 5.87. The van der Waals surface area contributed by atoms with Gasteiger partial charge < -0.3 is 10.5 Å². The van der Waals surface area contributed by atoms with Crippen LogP contribution in [0.4, 0.5) is 0 Å². The van der Waals surface area contributed by atoms with E-state index in [1.54, 1.807) is 11.3 Å². The Bertz CT molecular complexity index is 342. The molecule has 1 aromatic rings. The van der Waals surface area contributed by atoms with Gasteiger partial charge in [0.15, 0.2) is 0 Å². The summed E-state index contributed by atoms with van der Waals surface area (Å²) in [5.74, 6) is 0. The third-order valence-corrected chi connectivity index (χ3v) is 4.38. The highest BCUT2D eigenvalue weighted by Crippen LogP contribution is 2.24. The molecule has 0 aliphatic carbocycles. The Morgan fingerprint density at radius 2 is 2.50 bits per heavy atom. The first-order chi connectivity index (χ1) is 7.65. The molecular weight excluding hydrogens is 288 g/mol. The summed E-state index contributed by atoms with van der Waals surface area (Å²) in [6.45, 7) is 5.74. The number of thiophene rings is 1.